The van der Waals surface area contributed by atoms with Gasteiger partial charge in [-0.05, 0) is 24.6 Å². The smallest absolute Gasteiger partial charge is 0.0518 e. The van der Waals surface area contributed by atoms with Gasteiger partial charge < -0.3 is 5.32 Å². The highest BCUT2D eigenvalue weighted by Crippen LogP contribution is 2.13. The van der Waals surface area contributed by atoms with Crippen molar-refractivity contribution in [3.8, 4) is 0 Å². The number of hydrogen-bond donors (Lipinski definition) is 1. The molecule has 2 heteroatoms. The molecule has 0 saturated heterocycles. The van der Waals surface area contributed by atoms with Crippen molar-refractivity contribution in [3.63, 3.8) is 0 Å². The summed E-state index contributed by atoms with van der Waals surface area (Å²) >= 11 is 0. The summed E-state index contributed by atoms with van der Waals surface area (Å²) in [6.45, 7) is 8.86. The molecule has 0 bridgehead atoms. The van der Waals surface area contributed by atoms with Crippen molar-refractivity contribution in [2.75, 3.05) is 6.54 Å². The lowest BCUT2D eigenvalue weighted by atomic mass is 10.1. The number of hydrogen-bond acceptors (Lipinski definition) is 2. The van der Waals surface area contributed by atoms with Crippen molar-refractivity contribution in [1.29, 1.82) is 0 Å². The fourth-order valence-electron chi connectivity index (χ4n) is 1.31. The molecule has 0 aliphatic heterocycles. The number of likely N-dealkylation sites (N-methyl/N-ethyl adjacent to an activating group) is 1. The quantitative estimate of drug-likeness (QED) is 0.711. The lowest BCUT2D eigenvalue weighted by Crippen LogP contribution is -2.18. The second-order valence-electron chi connectivity index (χ2n) is 3.07. The summed E-state index contributed by atoms with van der Waals surface area (Å²) in [7, 11) is 0. The maximum atomic E-state index is 4.15. The number of nitrogens with zero attached hydrogens (tertiary/aromatic N) is 1. The van der Waals surface area contributed by atoms with Crippen LogP contribution in [0.4, 0.5) is 0 Å². The molecule has 0 aromatic carbocycles. The van der Waals surface area contributed by atoms with Gasteiger partial charge in [0, 0.05) is 12.4 Å². The predicted molar refractivity (Wildman–Crippen MR) is 55.6 cm³/mol. The predicted octanol–water partition coefficient (Wildman–Crippen LogP) is 2.23. The summed E-state index contributed by atoms with van der Waals surface area (Å²) in [5, 5.41) is 3.32. The molecule has 2 nitrogen and oxygen atoms in total. The van der Waals surface area contributed by atoms with Crippen LogP contribution >= 0.6 is 0 Å². The monoisotopic (exact) mass is 176 g/mol. The first-order valence-corrected chi connectivity index (χ1v) is 4.55. The molecule has 0 aliphatic rings. The van der Waals surface area contributed by atoms with Gasteiger partial charge in [0.1, 0.15) is 0 Å². The molecule has 0 saturated carbocycles. The fraction of sp³-hybridized carbons (Fsp3) is 0.364. The molecule has 1 atom stereocenters. The minimum absolute atomic E-state index is 0.220. The summed E-state index contributed by atoms with van der Waals surface area (Å²) in [4.78, 5) is 4.15. The maximum absolute atomic E-state index is 4.15. The summed E-state index contributed by atoms with van der Waals surface area (Å²) in [5.41, 5.74) is 2.36. The Bertz CT molecular complexity index is 281. The highest BCUT2D eigenvalue weighted by atomic mass is 14.9. The standard InChI is InChI=1S/C11H16N2/c1-4-11(13-5-2)10-6-9(3)7-12-8-10/h4,6-8,11,13H,1,5H2,2-3H3. The molecule has 0 amide bonds. The van der Waals surface area contributed by atoms with E-state index in [-0.39, 0.29) is 6.04 Å². The average Bonchev–Trinajstić information content (AvgIpc) is 2.14. The van der Waals surface area contributed by atoms with E-state index >= 15 is 0 Å². The van der Waals surface area contributed by atoms with E-state index in [1.54, 1.807) is 0 Å². The summed E-state index contributed by atoms with van der Waals surface area (Å²) in [6.07, 6.45) is 5.64. The number of rotatable bonds is 4. The number of nitrogens with one attached hydrogen (secondary N) is 1. The summed E-state index contributed by atoms with van der Waals surface area (Å²) in [5.74, 6) is 0. The van der Waals surface area contributed by atoms with Gasteiger partial charge in [0.05, 0.1) is 6.04 Å². The van der Waals surface area contributed by atoms with Crippen LogP contribution in [-0.4, -0.2) is 11.5 Å². The summed E-state index contributed by atoms with van der Waals surface area (Å²) < 4.78 is 0. The van der Waals surface area contributed by atoms with Gasteiger partial charge in [-0.25, -0.2) is 0 Å². The minimum atomic E-state index is 0.220. The highest BCUT2D eigenvalue weighted by molar-refractivity contribution is 5.23. The van der Waals surface area contributed by atoms with Gasteiger partial charge in [0.25, 0.3) is 0 Å². The van der Waals surface area contributed by atoms with Crippen molar-refractivity contribution < 1.29 is 0 Å². The molecule has 0 radical (unpaired) electrons. The van der Waals surface area contributed by atoms with E-state index in [1.807, 2.05) is 25.4 Å². The van der Waals surface area contributed by atoms with Crippen LogP contribution in [-0.2, 0) is 0 Å². The van der Waals surface area contributed by atoms with Crippen molar-refractivity contribution in [3.05, 3.63) is 42.2 Å². The van der Waals surface area contributed by atoms with E-state index < -0.39 is 0 Å². The van der Waals surface area contributed by atoms with Crippen molar-refractivity contribution in [2.24, 2.45) is 0 Å². The molecule has 0 spiro atoms. The van der Waals surface area contributed by atoms with E-state index in [4.69, 9.17) is 0 Å². The van der Waals surface area contributed by atoms with Gasteiger partial charge in [-0.3, -0.25) is 4.98 Å². The fourth-order valence-corrected chi connectivity index (χ4v) is 1.31. The number of aryl methyl sites for hydroxylation is 1. The average molecular weight is 176 g/mol. The van der Waals surface area contributed by atoms with Crippen LogP contribution in [0.5, 0.6) is 0 Å². The molecular formula is C11H16N2. The van der Waals surface area contributed by atoms with Crippen LogP contribution in [0.15, 0.2) is 31.1 Å². The first-order chi connectivity index (χ1) is 6.27. The number of aromatic nitrogens is 1. The van der Waals surface area contributed by atoms with Crippen LogP contribution in [0.25, 0.3) is 0 Å². The van der Waals surface area contributed by atoms with Crippen LogP contribution in [0.2, 0.25) is 0 Å². The zero-order valence-electron chi connectivity index (χ0n) is 8.25. The Morgan fingerprint density at radius 2 is 2.38 bits per heavy atom. The molecule has 1 rings (SSSR count). The molecule has 0 fully saturated rings. The molecule has 1 aromatic heterocycles. The minimum Gasteiger partial charge on any atom is -0.307 e. The molecule has 70 valence electrons. The second-order valence-corrected chi connectivity index (χ2v) is 3.07. The zero-order valence-corrected chi connectivity index (χ0v) is 8.25. The summed E-state index contributed by atoms with van der Waals surface area (Å²) in [6, 6.07) is 2.35. The lowest BCUT2D eigenvalue weighted by molar-refractivity contribution is 0.646. The van der Waals surface area contributed by atoms with Crippen LogP contribution in [0.3, 0.4) is 0 Å². The van der Waals surface area contributed by atoms with Crippen molar-refractivity contribution in [2.45, 2.75) is 19.9 Å². The molecule has 1 heterocycles. The molecule has 0 aliphatic carbocycles. The highest BCUT2D eigenvalue weighted by Gasteiger charge is 2.04. The van der Waals surface area contributed by atoms with E-state index in [1.165, 1.54) is 11.1 Å². The normalized spacial score (nSPS) is 12.5. The third-order valence-corrected chi connectivity index (χ3v) is 1.91. The van der Waals surface area contributed by atoms with E-state index in [0.717, 1.165) is 6.54 Å². The van der Waals surface area contributed by atoms with Gasteiger partial charge >= 0.3 is 0 Å². The third kappa shape index (κ3) is 2.67. The van der Waals surface area contributed by atoms with Crippen molar-refractivity contribution >= 4 is 0 Å². The molecule has 13 heavy (non-hydrogen) atoms. The first kappa shape index (κ1) is 9.93. The van der Waals surface area contributed by atoms with E-state index in [0.29, 0.717) is 0 Å². The zero-order chi connectivity index (χ0) is 9.68. The van der Waals surface area contributed by atoms with E-state index in [2.05, 4.69) is 29.9 Å². The Balaban J connectivity index is 2.84. The molecule has 1 unspecified atom stereocenters. The Hall–Kier alpha value is -1.15. The Kier molecular flexibility index (Phi) is 3.65. The maximum Gasteiger partial charge on any atom is 0.0518 e. The molecule has 1 N–H and O–H groups in total. The Morgan fingerprint density at radius 1 is 1.62 bits per heavy atom. The van der Waals surface area contributed by atoms with Crippen LogP contribution in [0.1, 0.15) is 24.1 Å². The first-order valence-electron chi connectivity index (χ1n) is 4.55. The van der Waals surface area contributed by atoms with Crippen LogP contribution < -0.4 is 5.32 Å². The molecule has 1 aromatic rings. The van der Waals surface area contributed by atoms with Gasteiger partial charge in [-0.2, -0.15) is 0 Å². The van der Waals surface area contributed by atoms with Gasteiger partial charge in [0.2, 0.25) is 0 Å². The Morgan fingerprint density at radius 3 is 2.92 bits per heavy atom. The van der Waals surface area contributed by atoms with E-state index in [9.17, 15) is 0 Å². The van der Waals surface area contributed by atoms with Gasteiger partial charge in [-0.1, -0.05) is 19.1 Å². The number of pyridine rings is 1. The second kappa shape index (κ2) is 4.77. The molecular weight excluding hydrogens is 160 g/mol. The van der Waals surface area contributed by atoms with Gasteiger partial charge in [0.15, 0.2) is 0 Å². The lowest BCUT2D eigenvalue weighted by Gasteiger charge is -2.13. The van der Waals surface area contributed by atoms with Crippen LogP contribution in [0, 0.1) is 6.92 Å². The topological polar surface area (TPSA) is 24.9 Å². The van der Waals surface area contributed by atoms with Crippen molar-refractivity contribution in [1.82, 2.24) is 10.3 Å². The Labute approximate surface area is 79.7 Å². The third-order valence-electron chi connectivity index (χ3n) is 1.91. The largest absolute Gasteiger partial charge is 0.307 e. The van der Waals surface area contributed by atoms with Gasteiger partial charge in [-0.15, -0.1) is 6.58 Å². The SMILES string of the molecule is C=CC(NCC)c1cncc(C)c1.